The van der Waals surface area contributed by atoms with E-state index in [-0.39, 0.29) is 125 Å². The summed E-state index contributed by atoms with van der Waals surface area (Å²) in [5.74, 6) is -0.474. The Morgan fingerprint density at radius 1 is 0.821 bits per heavy atom. The zero-order valence-corrected chi connectivity index (χ0v) is 32.7. The Balaban J connectivity index is -0.000000167. The van der Waals surface area contributed by atoms with Crippen molar-refractivity contribution >= 4 is 41.6 Å². The molecule has 0 aliphatic rings. The SMILES string of the molecule is O=S(=O)([O-])O.O=S(=O)([O-])O.[CH2-]C(C)[CH-]C(OS(=O)(=O)[O-])C(COS(=O)(=O)[O-])OCc1ccccc1.[Na+].[Na+].[Na+].[Na+]. The Bertz CT molecular complexity index is 1110. The fourth-order valence-corrected chi connectivity index (χ4v) is 2.60. The smallest absolute Gasteiger partial charge is 0.726 e. The zero-order valence-electron chi connectivity index (χ0n) is 21.5. The molecule has 39 heavy (non-hydrogen) atoms. The molecular weight excluding hydrogens is 660 g/mol. The van der Waals surface area contributed by atoms with Gasteiger partial charge >= 0.3 is 118 Å². The van der Waals surface area contributed by atoms with Crippen molar-refractivity contribution in [3.63, 3.8) is 0 Å². The van der Waals surface area contributed by atoms with Crippen molar-refractivity contribution in [1.82, 2.24) is 0 Å². The molecule has 0 radical (unpaired) electrons. The summed E-state index contributed by atoms with van der Waals surface area (Å²) in [4.78, 5) is 0. The molecule has 17 nitrogen and oxygen atoms in total. The summed E-state index contributed by atoms with van der Waals surface area (Å²) in [7, 11) is -20.0. The summed E-state index contributed by atoms with van der Waals surface area (Å²) in [6.07, 6.45) is -1.61. The van der Waals surface area contributed by atoms with Gasteiger partial charge in [0.05, 0.1) is 19.3 Å². The monoisotopic (exact) mass is 680 g/mol. The first-order valence-corrected chi connectivity index (χ1v) is 13.8. The molecular formula is C14H20Na4O17S4-2. The normalized spacial score (nSPS) is 13.4. The van der Waals surface area contributed by atoms with Gasteiger partial charge in [-0.05, 0) is 11.7 Å². The molecule has 0 saturated heterocycles. The second-order valence-corrected chi connectivity index (χ2v) is 9.79. The van der Waals surface area contributed by atoms with Gasteiger partial charge in [0, 0.05) is 0 Å². The van der Waals surface area contributed by atoms with Crippen LogP contribution in [0, 0.1) is 19.3 Å². The maximum absolute atomic E-state index is 10.9. The van der Waals surface area contributed by atoms with Gasteiger partial charge in [0.1, 0.15) is 0 Å². The zero-order chi connectivity index (χ0) is 28.1. The molecule has 0 fully saturated rings. The predicted molar refractivity (Wildman–Crippen MR) is 109 cm³/mol. The van der Waals surface area contributed by atoms with Crippen molar-refractivity contribution in [2.45, 2.75) is 25.7 Å². The van der Waals surface area contributed by atoms with Crippen molar-refractivity contribution < 1.29 is 192 Å². The molecule has 25 heteroatoms. The van der Waals surface area contributed by atoms with E-state index in [0.717, 1.165) is 0 Å². The van der Waals surface area contributed by atoms with Crippen molar-refractivity contribution in [2.24, 2.45) is 5.92 Å². The molecule has 0 aliphatic heterocycles. The number of benzene rings is 1. The third-order valence-corrected chi connectivity index (χ3v) is 3.68. The van der Waals surface area contributed by atoms with E-state index in [1.54, 1.807) is 37.3 Å². The van der Waals surface area contributed by atoms with E-state index in [1.165, 1.54) is 6.42 Å². The van der Waals surface area contributed by atoms with E-state index in [1.807, 2.05) is 0 Å². The van der Waals surface area contributed by atoms with Gasteiger partial charge in [-0.2, -0.15) is 0 Å². The maximum atomic E-state index is 10.9. The minimum Gasteiger partial charge on any atom is -0.726 e. The van der Waals surface area contributed by atoms with Gasteiger partial charge in [0.2, 0.25) is 41.6 Å². The van der Waals surface area contributed by atoms with Gasteiger partial charge in [0.15, 0.2) is 0 Å². The van der Waals surface area contributed by atoms with Gasteiger partial charge in [0.25, 0.3) is 0 Å². The van der Waals surface area contributed by atoms with Crippen LogP contribution in [0.15, 0.2) is 30.3 Å². The fraction of sp³-hybridized carbons (Fsp3) is 0.429. The van der Waals surface area contributed by atoms with E-state index in [4.69, 9.17) is 39.8 Å². The number of rotatable bonds is 11. The number of hydrogen-bond acceptors (Lipinski definition) is 15. The van der Waals surface area contributed by atoms with Gasteiger partial charge in [-0.1, -0.05) is 30.3 Å². The van der Waals surface area contributed by atoms with Crippen LogP contribution in [0.3, 0.4) is 0 Å². The summed E-state index contributed by atoms with van der Waals surface area (Å²) in [6, 6.07) is 8.63. The molecule has 1 rings (SSSR count). The molecule has 1 aromatic carbocycles. The summed E-state index contributed by atoms with van der Waals surface area (Å²) >= 11 is 0. The van der Waals surface area contributed by atoms with Gasteiger partial charge in [-0.25, -0.2) is 33.7 Å². The summed E-state index contributed by atoms with van der Waals surface area (Å²) in [5, 5.41) is 0. The first kappa shape index (κ1) is 54.2. The van der Waals surface area contributed by atoms with Gasteiger partial charge in [-0.15, -0.1) is 6.92 Å². The van der Waals surface area contributed by atoms with Crippen molar-refractivity contribution in [3.05, 3.63) is 49.2 Å². The minimum atomic E-state index is -5.12. The molecule has 0 saturated carbocycles. The van der Waals surface area contributed by atoms with Gasteiger partial charge < -0.3 is 46.4 Å². The third-order valence-electron chi connectivity index (χ3n) is 2.80. The van der Waals surface area contributed by atoms with Crippen LogP contribution in [-0.2, 0) is 61.3 Å². The summed E-state index contributed by atoms with van der Waals surface area (Å²) in [5.41, 5.74) is 0.684. The van der Waals surface area contributed by atoms with Crippen LogP contribution in [0.2, 0.25) is 0 Å². The number of ether oxygens (including phenoxy) is 1. The topological polar surface area (TPSA) is 297 Å². The summed E-state index contributed by atoms with van der Waals surface area (Å²) < 4.78 is 144. The Kier molecular flexibility index (Phi) is 36.0. The van der Waals surface area contributed by atoms with Crippen LogP contribution in [0.5, 0.6) is 0 Å². The second kappa shape index (κ2) is 25.9. The average molecular weight is 681 g/mol. The molecule has 208 valence electrons. The van der Waals surface area contributed by atoms with Crippen LogP contribution < -0.4 is 118 Å². The Morgan fingerprint density at radius 3 is 1.51 bits per heavy atom. The van der Waals surface area contributed by atoms with E-state index >= 15 is 0 Å². The average Bonchev–Trinajstić information content (AvgIpc) is 2.56. The maximum Gasteiger partial charge on any atom is 1.00 e. The molecule has 0 heterocycles. The van der Waals surface area contributed by atoms with Crippen molar-refractivity contribution in [1.29, 1.82) is 0 Å². The molecule has 0 aliphatic carbocycles. The van der Waals surface area contributed by atoms with E-state index in [9.17, 15) is 25.9 Å². The summed E-state index contributed by atoms with van der Waals surface area (Å²) in [6.45, 7) is 4.29. The fourth-order valence-electron chi connectivity index (χ4n) is 1.84. The first-order valence-electron chi connectivity index (χ1n) is 8.41. The Labute approximate surface area is 316 Å². The third kappa shape index (κ3) is 50.6. The number of hydrogen-bond donors (Lipinski definition) is 2. The second-order valence-electron chi connectivity index (χ2n) is 6.02. The van der Waals surface area contributed by atoms with Crippen LogP contribution in [0.25, 0.3) is 0 Å². The molecule has 3 unspecified atom stereocenters. The molecule has 0 bridgehead atoms. The van der Waals surface area contributed by atoms with Crippen LogP contribution >= 0.6 is 0 Å². The van der Waals surface area contributed by atoms with Crippen molar-refractivity contribution in [3.8, 4) is 0 Å². The molecule has 1 aromatic rings. The molecule has 2 N–H and O–H groups in total. The molecule has 3 atom stereocenters. The van der Waals surface area contributed by atoms with E-state index < -0.39 is 66.3 Å². The molecule has 0 spiro atoms. The van der Waals surface area contributed by atoms with E-state index in [0.29, 0.717) is 5.56 Å². The Morgan fingerprint density at radius 2 is 1.21 bits per heavy atom. The van der Waals surface area contributed by atoms with Crippen molar-refractivity contribution in [2.75, 3.05) is 6.61 Å². The van der Waals surface area contributed by atoms with Crippen LogP contribution in [0.4, 0.5) is 0 Å². The first-order chi connectivity index (χ1) is 15.5. The predicted octanol–water partition coefficient (Wildman–Crippen LogP) is -13.4. The molecule has 0 amide bonds. The van der Waals surface area contributed by atoms with E-state index in [2.05, 4.69) is 15.3 Å². The van der Waals surface area contributed by atoms with Crippen LogP contribution in [0.1, 0.15) is 12.5 Å². The van der Waals surface area contributed by atoms with Gasteiger partial charge in [-0.3, -0.25) is 13.3 Å². The molecule has 0 aromatic heterocycles. The quantitative estimate of drug-likeness (QED) is 0.0948. The van der Waals surface area contributed by atoms with Crippen LogP contribution in [-0.4, -0.2) is 79.8 Å². The largest absolute Gasteiger partial charge is 1.00 e. The standard InChI is InChI=1S/C14H20O9S2.4Na.2H2O4S/c1-11(2)8-13(23-25(18,19)20)14(10-22-24(15,16)17)21-9-12-6-4-3-5-7-12;;;;;2*1-5(2,3)4/h3-8,11,13-14H,1,9-10H2,2H3,(H,15,16,17)(H,18,19,20);;;;;2*(H2,1,2,3,4)/q-2;4*+1;;/p-4. The minimum absolute atomic E-state index is 0. The Hall–Kier alpha value is 2.66.